The number of halogens is 1. The molecule has 1 saturated heterocycles. The molecule has 0 aliphatic carbocycles. The minimum atomic E-state index is 0.404. The molecule has 1 aromatic heterocycles. The van der Waals surface area contributed by atoms with Gasteiger partial charge in [0.05, 0.1) is 33.1 Å². The topological polar surface area (TPSA) is 8.17 Å². The number of benzene rings is 2. The van der Waals surface area contributed by atoms with Crippen molar-refractivity contribution in [1.82, 2.24) is 3.59 Å². The molecule has 5 rings (SSSR count). The van der Waals surface area contributed by atoms with Gasteiger partial charge in [0.15, 0.2) is 0 Å². The highest BCUT2D eigenvalue weighted by Gasteiger charge is 2.30. The fraction of sp³-hybridized carbons (Fsp3) is 0.185. The lowest BCUT2D eigenvalue weighted by atomic mass is 10.0. The maximum absolute atomic E-state index is 4.33. The van der Waals surface area contributed by atoms with Crippen molar-refractivity contribution in [2.45, 2.75) is 25.3 Å². The van der Waals surface area contributed by atoms with Crippen LogP contribution in [0.3, 0.4) is 0 Å². The SMILES string of the molecule is C=C(C#Cc1ccccc1)C/C=C1\C=c2c(=C)n(Br)c3cccc(c23)N2CCCC12. The summed E-state index contributed by atoms with van der Waals surface area (Å²) >= 11 is 3.69. The normalized spacial score (nSPS) is 18.5. The van der Waals surface area contributed by atoms with Crippen LogP contribution in [0.5, 0.6) is 0 Å². The summed E-state index contributed by atoms with van der Waals surface area (Å²) in [5.41, 5.74) is 5.79. The van der Waals surface area contributed by atoms with E-state index in [2.05, 4.69) is 76.4 Å². The Morgan fingerprint density at radius 3 is 2.83 bits per heavy atom. The Labute approximate surface area is 185 Å². The van der Waals surface area contributed by atoms with Gasteiger partial charge in [-0.1, -0.05) is 55.3 Å². The molecule has 3 heteroatoms. The van der Waals surface area contributed by atoms with E-state index >= 15 is 0 Å². The fourth-order valence-electron chi connectivity index (χ4n) is 4.59. The van der Waals surface area contributed by atoms with Crippen molar-refractivity contribution in [2.75, 3.05) is 11.4 Å². The van der Waals surface area contributed by atoms with Crippen LogP contribution in [-0.2, 0) is 0 Å². The second-order valence-corrected chi connectivity index (χ2v) is 8.65. The molecule has 2 aliphatic heterocycles. The van der Waals surface area contributed by atoms with Crippen LogP contribution < -0.4 is 15.5 Å². The van der Waals surface area contributed by atoms with Crippen molar-refractivity contribution >= 4 is 45.4 Å². The third-order valence-corrected chi connectivity index (χ3v) is 6.86. The number of hydrogen-bond donors (Lipinski definition) is 0. The van der Waals surface area contributed by atoms with Crippen LogP contribution in [0.2, 0.25) is 0 Å². The minimum absolute atomic E-state index is 0.404. The predicted octanol–water partition coefficient (Wildman–Crippen LogP) is 4.90. The predicted molar refractivity (Wildman–Crippen MR) is 131 cm³/mol. The van der Waals surface area contributed by atoms with E-state index in [0.29, 0.717) is 6.04 Å². The molecule has 2 nitrogen and oxygen atoms in total. The molecule has 2 aromatic carbocycles. The Morgan fingerprint density at radius 1 is 1.17 bits per heavy atom. The van der Waals surface area contributed by atoms with E-state index < -0.39 is 0 Å². The van der Waals surface area contributed by atoms with Crippen molar-refractivity contribution < 1.29 is 0 Å². The molecule has 0 spiro atoms. The van der Waals surface area contributed by atoms with Gasteiger partial charge in [0.25, 0.3) is 0 Å². The molecule has 0 N–H and O–H groups in total. The molecule has 1 fully saturated rings. The van der Waals surface area contributed by atoms with Gasteiger partial charge >= 0.3 is 0 Å². The van der Waals surface area contributed by atoms with Crippen molar-refractivity contribution in [3.63, 3.8) is 0 Å². The Bertz CT molecular complexity index is 1350. The molecule has 148 valence electrons. The largest absolute Gasteiger partial charge is 0.364 e. The van der Waals surface area contributed by atoms with E-state index in [1.54, 1.807) is 0 Å². The van der Waals surface area contributed by atoms with E-state index in [1.165, 1.54) is 40.2 Å². The van der Waals surface area contributed by atoms with Gasteiger partial charge in [-0.2, -0.15) is 0 Å². The molecule has 30 heavy (non-hydrogen) atoms. The van der Waals surface area contributed by atoms with Gasteiger partial charge in [0, 0.05) is 28.4 Å². The maximum atomic E-state index is 4.33. The third kappa shape index (κ3) is 3.22. The molecule has 3 aromatic rings. The smallest absolute Gasteiger partial charge is 0.0625 e. The molecule has 0 radical (unpaired) electrons. The zero-order valence-corrected chi connectivity index (χ0v) is 18.5. The summed E-state index contributed by atoms with van der Waals surface area (Å²) in [6.45, 7) is 9.61. The third-order valence-electron chi connectivity index (χ3n) is 6.05. The monoisotopic (exact) mass is 454 g/mol. The lowest BCUT2D eigenvalue weighted by Gasteiger charge is -2.27. The Morgan fingerprint density at radius 2 is 2.00 bits per heavy atom. The van der Waals surface area contributed by atoms with Crippen molar-refractivity contribution in [3.8, 4) is 11.8 Å². The number of anilines is 1. The van der Waals surface area contributed by atoms with Gasteiger partial charge in [-0.3, -0.25) is 3.59 Å². The molecule has 1 atom stereocenters. The van der Waals surface area contributed by atoms with Crippen LogP contribution in [0, 0.1) is 11.8 Å². The van der Waals surface area contributed by atoms with Crippen LogP contribution in [0.25, 0.3) is 23.6 Å². The first kappa shape index (κ1) is 19.0. The summed E-state index contributed by atoms with van der Waals surface area (Å²) in [7, 11) is 0. The fourth-order valence-corrected chi connectivity index (χ4v) is 5.08. The van der Waals surface area contributed by atoms with Gasteiger partial charge in [-0.15, -0.1) is 0 Å². The summed E-state index contributed by atoms with van der Waals surface area (Å²) in [5.74, 6) is 6.44. The summed E-state index contributed by atoms with van der Waals surface area (Å²) in [6.07, 6.45) is 7.79. The highest BCUT2D eigenvalue weighted by molar-refractivity contribution is 9.08. The zero-order valence-electron chi connectivity index (χ0n) is 16.9. The number of allylic oxidation sites excluding steroid dienone is 2. The average molecular weight is 455 g/mol. The van der Waals surface area contributed by atoms with Gasteiger partial charge in [-0.25, -0.2) is 0 Å². The molecule has 0 bridgehead atoms. The molecule has 0 saturated carbocycles. The zero-order chi connectivity index (χ0) is 20.7. The average Bonchev–Trinajstić information content (AvgIpc) is 3.31. The summed E-state index contributed by atoms with van der Waals surface area (Å²) < 4.78 is 2.02. The molecular weight excluding hydrogens is 432 g/mol. The summed E-state index contributed by atoms with van der Waals surface area (Å²) in [5, 5.41) is 3.49. The number of nitrogens with zero attached hydrogens (tertiary/aromatic N) is 2. The highest BCUT2D eigenvalue weighted by Crippen LogP contribution is 2.36. The summed E-state index contributed by atoms with van der Waals surface area (Å²) in [4.78, 5) is 2.56. The van der Waals surface area contributed by atoms with E-state index in [9.17, 15) is 0 Å². The Balaban J connectivity index is 1.55. The molecule has 0 amide bonds. The number of fused-ring (bicyclic) bond motifs is 2. The molecule has 3 heterocycles. The second-order valence-electron chi connectivity index (χ2n) is 7.94. The van der Waals surface area contributed by atoms with Crippen molar-refractivity contribution in [3.05, 3.63) is 88.5 Å². The van der Waals surface area contributed by atoms with Crippen molar-refractivity contribution in [1.29, 1.82) is 0 Å². The van der Waals surface area contributed by atoms with Crippen LogP contribution in [0.15, 0.2) is 72.3 Å². The maximum Gasteiger partial charge on any atom is 0.0625 e. The first-order valence-electron chi connectivity index (χ1n) is 10.4. The lowest BCUT2D eigenvalue weighted by molar-refractivity contribution is 0.784. The number of hydrogen-bond acceptors (Lipinski definition) is 1. The van der Waals surface area contributed by atoms with Crippen LogP contribution in [0.4, 0.5) is 5.69 Å². The van der Waals surface area contributed by atoms with Gasteiger partial charge in [0.1, 0.15) is 0 Å². The quantitative estimate of drug-likeness (QED) is 0.500. The molecule has 1 unspecified atom stereocenters. The first-order chi connectivity index (χ1) is 14.6. The number of aromatic nitrogens is 1. The Kier molecular flexibility index (Phi) is 4.89. The van der Waals surface area contributed by atoms with E-state index in [4.69, 9.17) is 0 Å². The molecule has 2 aliphatic rings. The van der Waals surface area contributed by atoms with Gasteiger partial charge in [-0.05, 0) is 60.8 Å². The second kappa shape index (κ2) is 7.70. The van der Waals surface area contributed by atoms with Crippen molar-refractivity contribution in [2.24, 2.45) is 0 Å². The number of rotatable bonds is 2. The van der Waals surface area contributed by atoms with E-state index in [0.717, 1.165) is 29.5 Å². The van der Waals surface area contributed by atoms with E-state index in [-0.39, 0.29) is 0 Å². The lowest BCUT2D eigenvalue weighted by Crippen LogP contribution is -2.29. The van der Waals surface area contributed by atoms with Crippen LogP contribution >= 0.6 is 16.1 Å². The highest BCUT2D eigenvalue weighted by atomic mass is 79.9. The molecular formula is C27H23BrN2. The minimum Gasteiger partial charge on any atom is -0.364 e. The Hall–Kier alpha value is -2.96. The van der Waals surface area contributed by atoms with Crippen LogP contribution in [0.1, 0.15) is 24.8 Å². The first-order valence-corrected chi connectivity index (χ1v) is 11.1. The van der Waals surface area contributed by atoms with Crippen LogP contribution in [-0.4, -0.2) is 16.2 Å². The van der Waals surface area contributed by atoms with Gasteiger partial charge in [0.2, 0.25) is 0 Å². The van der Waals surface area contributed by atoms with Gasteiger partial charge < -0.3 is 4.90 Å². The standard InChI is InChI=1S/C27H23BrN2/c1-19(13-15-21-8-4-3-5-9-21)14-16-22-18-23-20(2)30(28)26-11-6-10-25(27(23)26)29-17-7-12-24(22)29/h3-6,8-11,16,18,24H,1-2,7,12,14,17H2/b22-16+. The van der Waals surface area contributed by atoms with E-state index in [1.807, 2.05) is 33.9 Å². The summed E-state index contributed by atoms with van der Waals surface area (Å²) in [6, 6.07) is 17.0.